The number of hydrogen-bond donors (Lipinski definition) is 2. The van der Waals surface area contributed by atoms with Gasteiger partial charge in [0.05, 0.1) is 20.3 Å². The summed E-state index contributed by atoms with van der Waals surface area (Å²) in [6.07, 6.45) is 0. The molecule has 0 bridgehead atoms. The summed E-state index contributed by atoms with van der Waals surface area (Å²) in [6, 6.07) is 0. The molecule has 1 unspecified atom stereocenters. The first kappa shape index (κ1) is 12.0. The Labute approximate surface area is 68.8 Å². The lowest BCUT2D eigenvalue weighted by Gasteiger charge is -2.31. The summed E-state index contributed by atoms with van der Waals surface area (Å²) in [5, 5.41) is 8.15. The second-order valence-corrected chi connectivity index (χ2v) is 3.62. The van der Waals surface area contributed by atoms with Crippen molar-refractivity contribution in [1.82, 2.24) is 0 Å². The fourth-order valence-corrected chi connectivity index (χ4v) is 1.08. The molecule has 0 rings (SSSR count). The Morgan fingerprint density at radius 2 is 1.92 bits per heavy atom. The first-order chi connectivity index (χ1) is 5.37. The van der Waals surface area contributed by atoms with Crippen molar-refractivity contribution in [1.29, 1.82) is 0 Å². The van der Waals surface area contributed by atoms with Gasteiger partial charge in [-0.15, -0.1) is 0 Å². The van der Waals surface area contributed by atoms with Crippen LogP contribution < -0.4 is 0 Å². The third-order valence-electron chi connectivity index (χ3n) is 0.853. The molecule has 0 aromatic carbocycles. The number of aliphatic hydroxyl groups excluding tert-OH is 1. The lowest BCUT2D eigenvalue weighted by molar-refractivity contribution is -0.0698. The van der Waals surface area contributed by atoms with Gasteiger partial charge in [0.15, 0.2) is 10.9 Å². The van der Waals surface area contributed by atoms with E-state index in [4.69, 9.17) is 9.66 Å². The number of hydrogen-bond acceptors (Lipinski definition) is 4. The van der Waals surface area contributed by atoms with E-state index < -0.39 is 29.6 Å². The molecule has 0 saturated heterocycles. The van der Waals surface area contributed by atoms with E-state index in [2.05, 4.69) is 8.37 Å². The average molecular weight is 210 g/mol. The monoisotopic (exact) mass is 210 g/mol. The molecule has 0 spiro atoms. The number of alkyl halides is 3. The molecule has 0 amide bonds. The molecule has 0 aliphatic heterocycles. The molecular formula is C4H9F3O4S. The maximum atomic E-state index is 11.9. The van der Waals surface area contributed by atoms with Crippen molar-refractivity contribution in [3.8, 4) is 0 Å². The van der Waals surface area contributed by atoms with Gasteiger partial charge < -0.3 is 9.66 Å². The summed E-state index contributed by atoms with van der Waals surface area (Å²) in [5.74, 6) is 0. The zero-order chi connectivity index (χ0) is 9.83. The van der Waals surface area contributed by atoms with Crippen molar-refractivity contribution >= 4 is 10.9 Å². The second-order valence-electron chi connectivity index (χ2n) is 1.63. The topological polar surface area (TPSA) is 58.9 Å². The molecule has 0 aromatic heterocycles. The molecule has 1 atom stereocenters. The van der Waals surface area contributed by atoms with Gasteiger partial charge in [0.2, 0.25) is 0 Å². The lowest BCUT2D eigenvalue weighted by atomic mass is 10.8. The van der Waals surface area contributed by atoms with Gasteiger partial charge >= 0.3 is 5.51 Å². The van der Waals surface area contributed by atoms with Gasteiger partial charge in [-0.1, -0.05) is 0 Å². The van der Waals surface area contributed by atoms with Crippen LogP contribution in [0.25, 0.3) is 0 Å². The van der Waals surface area contributed by atoms with E-state index in [0.29, 0.717) is 7.11 Å². The third kappa shape index (κ3) is 2.79. The van der Waals surface area contributed by atoms with Crippen molar-refractivity contribution in [3.05, 3.63) is 0 Å². The van der Waals surface area contributed by atoms with Crippen LogP contribution in [0.2, 0.25) is 0 Å². The van der Waals surface area contributed by atoms with Crippen LogP contribution in [0.3, 0.4) is 0 Å². The normalized spacial score (nSPS) is 20.2. The summed E-state index contributed by atoms with van der Waals surface area (Å²) in [4.78, 5) is 0. The van der Waals surface area contributed by atoms with Crippen LogP contribution in [0.1, 0.15) is 0 Å². The lowest BCUT2D eigenvalue weighted by Crippen LogP contribution is -2.24. The molecule has 0 aliphatic rings. The molecule has 0 saturated carbocycles. The highest BCUT2D eigenvalue weighted by molar-refractivity contribution is 8.21. The van der Waals surface area contributed by atoms with E-state index in [1.807, 2.05) is 0 Å². The smallest absolute Gasteiger partial charge is 0.394 e. The summed E-state index contributed by atoms with van der Waals surface area (Å²) < 4.78 is 52.1. The van der Waals surface area contributed by atoms with E-state index in [1.165, 1.54) is 0 Å². The van der Waals surface area contributed by atoms with Gasteiger partial charge in [0.25, 0.3) is 0 Å². The number of aliphatic hydroxyl groups is 1. The molecule has 0 heterocycles. The number of halogens is 3. The Bertz CT molecular complexity index is 141. The maximum absolute atomic E-state index is 11.9. The van der Waals surface area contributed by atoms with Gasteiger partial charge in [-0.2, -0.15) is 13.2 Å². The summed E-state index contributed by atoms with van der Waals surface area (Å²) >= 11 is 0. The van der Waals surface area contributed by atoms with Crippen LogP contribution in [0, 0.1) is 0 Å². The number of rotatable bonds is 4. The molecule has 8 heteroatoms. The van der Waals surface area contributed by atoms with Crippen LogP contribution in [-0.4, -0.2) is 35.5 Å². The first-order valence-corrected chi connectivity index (χ1v) is 4.24. The highest BCUT2D eigenvalue weighted by Crippen LogP contribution is 2.59. The van der Waals surface area contributed by atoms with Gasteiger partial charge in [0.1, 0.15) is 0 Å². The van der Waals surface area contributed by atoms with Crippen LogP contribution in [0.4, 0.5) is 13.2 Å². The molecular weight excluding hydrogens is 201 g/mol. The zero-order valence-electron chi connectivity index (χ0n) is 6.17. The quantitative estimate of drug-likeness (QED) is 0.733. The van der Waals surface area contributed by atoms with Crippen LogP contribution in [0.15, 0.2) is 0 Å². The minimum atomic E-state index is -4.96. The average Bonchev–Trinajstić information content (AvgIpc) is 1.98. The Kier molecular flexibility index (Phi) is 4.28. The van der Waals surface area contributed by atoms with E-state index >= 15 is 0 Å². The van der Waals surface area contributed by atoms with E-state index in [-0.39, 0.29) is 0 Å². The van der Waals surface area contributed by atoms with Gasteiger partial charge in [0, 0.05) is 0 Å². The predicted octanol–water partition coefficient (Wildman–Crippen LogP) is 1.27. The molecule has 0 radical (unpaired) electrons. The second kappa shape index (κ2) is 4.28. The molecule has 0 aromatic rings. The zero-order valence-corrected chi connectivity index (χ0v) is 6.98. The van der Waals surface area contributed by atoms with Crippen molar-refractivity contribution in [2.75, 3.05) is 20.3 Å². The molecule has 2 N–H and O–H groups in total. The first-order valence-electron chi connectivity index (χ1n) is 2.80. The fraction of sp³-hybridized carbons (Fsp3) is 1.00. The Morgan fingerprint density at radius 3 is 2.17 bits per heavy atom. The van der Waals surface area contributed by atoms with E-state index in [1.54, 1.807) is 0 Å². The van der Waals surface area contributed by atoms with Gasteiger partial charge in [-0.3, -0.25) is 8.37 Å². The SMILES string of the molecule is COS(O)(OCCO)C(F)(F)F. The molecule has 4 nitrogen and oxygen atoms in total. The summed E-state index contributed by atoms with van der Waals surface area (Å²) in [6.45, 7) is -1.24. The van der Waals surface area contributed by atoms with Crippen molar-refractivity contribution in [3.63, 3.8) is 0 Å². The molecule has 12 heavy (non-hydrogen) atoms. The molecule has 76 valence electrons. The summed E-state index contributed by atoms with van der Waals surface area (Å²) in [7, 11) is -3.83. The maximum Gasteiger partial charge on any atom is 0.494 e. The minimum Gasteiger partial charge on any atom is -0.394 e. The van der Waals surface area contributed by atoms with Crippen LogP contribution >= 0.6 is 10.9 Å². The molecule has 0 aliphatic carbocycles. The van der Waals surface area contributed by atoms with Crippen molar-refractivity contribution < 1.29 is 31.2 Å². The van der Waals surface area contributed by atoms with Crippen molar-refractivity contribution in [2.45, 2.75) is 5.51 Å². The van der Waals surface area contributed by atoms with Gasteiger partial charge in [-0.25, -0.2) is 0 Å². The largest absolute Gasteiger partial charge is 0.494 e. The molecule has 0 fully saturated rings. The highest BCUT2D eigenvalue weighted by atomic mass is 32.3. The van der Waals surface area contributed by atoms with Crippen molar-refractivity contribution in [2.24, 2.45) is 0 Å². The van der Waals surface area contributed by atoms with Crippen LogP contribution in [-0.2, 0) is 8.37 Å². The Hall–Kier alpha value is -0.0200. The Balaban J connectivity index is 4.24. The van der Waals surface area contributed by atoms with E-state index in [9.17, 15) is 13.2 Å². The summed E-state index contributed by atoms with van der Waals surface area (Å²) in [5.41, 5.74) is -4.96. The fourth-order valence-electron chi connectivity index (χ4n) is 0.360. The minimum absolute atomic E-state index is 0.616. The standard InChI is InChI=1S/C4H9F3O4S/c1-10-12(9,4(5,6)7)11-3-2-8/h8-9H,2-3H2,1H3. The highest BCUT2D eigenvalue weighted by Gasteiger charge is 2.52. The van der Waals surface area contributed by atoms with Crippen LogP contribution in [0.5, 0.6) is 0 Å². The Morgan fingerprint density at radius 1 is 1.42 bits per heavy atom. The third-order valence-corrected chi connectivity index (χ3v) is 2.38. The van der Waals surface area contributed by atoms with E-state index in [0.717, 1.165) is 0 Å². The van der Waals surface area contributed by atoms with Gasteiger partial charge in [-0.05, 0) is 0 Å². The predicted molar refractivity (Wildman–Crippen MR) is 36.3 cm³/mol.